The summed E-state index contributed by atoms with van der Waals surface area (Å²) >= 11 is 0. The van der Waals surface area contributed by atoms with Crippen LogP contribution >= 0.6 is 0 Å². The lowest BCUT2D eigenvalue weighted by Crippen LogP contribution is -2.12. The smallest absolute Gasteiger partial charge is 0.435 e. The highest BCUT2D eigenvalue weighted by Gasteiger charge is 2.33. The van der Waals surface area contributed by atoms with E-state index in [0.29, 0.717) is 35.9 Å². The molecular formula is C20H18F3N3O3. The van der Waals surface area contributed by atoms with Crippen LogP contribution in [0.4, 0.5) is 18.9 Å². The van der Waals surface area contributed by atoms with Crippen molar-refractivity contribution in [2.24, 2.45) is 0 Å². The molecule has 0 unspecified atom stereocenters. The first-order valence-corrected chi connectivity index (χ1v) is 8.63. The van der Waals surface area contributed by atoms with Crippen LogP contribution in [0.1, 0.15) is 16.1 Å². The molecule has 3 aromatic rings. The van der Waals surface area contributed by atoms with Crippen LogP contribution in [0.25, 0.3) is 5.69 Å². The maximum absolute atomic E-state index is 12.7. The zero-order valence-electron chi connectivity index (χ0n) is 15.4. The molecule has 2 aromatic carbocycles. The predicted octanol–water partition coefficient (Wildman–Crippen LogP) is 4.17. The summed E-state index contributed by atoms with van der Waals surface area (Å²) in [4.78, 5) is 12.4. The van der Waals surface area contributed by atoms with Crippen LogP contribution in [0.2, 0.25) is 0 Å². The van der Waals surface area contributed by atoms with Crippen molar-refractivity contribution in [3.05, 3.63) is 72.1 Å². The van der Waals surface area contributed by atoms with Crippen LogP contribution in [0, 0.1) is 0 Å². The Morgan fingerprint density at radius 2 is 1.72 bits per heavy atom. The van der Waals surface area contributed by atoms with E-state index in [1.54, 1.807) is 31.4 Å². The Bertz CT molecular complexity index is 952. The average molecular weight is 405 g/mol. The van der Waals surface area contributed by atoms with Gasteiger partial charge in [-0.1, -0.05) is 0 Å². The van der Waals surface area contributed by atoms with E-state index < -0.39 is 11.9 Å². The average Bonchev–Trinajstić information content (AvgIpc) is 3.20. The van der Waals surface area contributed by atoms with Gasteiger partial charge in [-0.2, -0.15) is 18.3 Å². The third kappa shape index (κ3) is 5.35. The Labute approximate surface area is 164 Å². The third-order valence-electron chi connectivity index (χ3n) is 3.94. The number of alkyl halides is 3. The fraction of sp³-hybridized carbons (Fsp3) is 0.200. The van der Waals surface area contributed by atoms with Crippen molar-refractivity contribution < 1.29 is 27.4 Å². The highest BCUT2D eigenvalue weighted by molar-refractivity contribution is 6.04. The number of hydrogen-bond acceptors (Lipinski definition) is 4. The van der Waals surface area contributed by atoms with Crippen LogP contribution in [0.15, 0.2) is 60.8 Å². The van der Waals surface area contributed by atoms with Gasteiger partial charge in [0.25, 0.3) is 5.91 Å². The van der Waals surface area contributed by atoms with E-state index in [0.717, 1.165) is 10.7 Å². The Balaban J connectivity index is 1.62. The van der Waals surface area contributed by atoms with Crippen molar-refractivity contribution in [2.45, 2.75) is 6.18 Å². The second-order valence-electron chi connectivity index (χ2n) is 6.01. The molecule has 9 heteroatoms. The van der Waals surface area contributed by atoms with Gasteiger partial charge in [-0.3, -0.25) is 4.79 Å². The largest absolute Gasteiger partial charge is 0.491 e. The summed E-state index contributed by atoms with van der Waals surface area (Å²) in [6.45, 7) is 0.903. The van der Waals surface area contributed by atoms with Crippen LogP contribution in [0.3, 0.4) is 0 Å². The van der Waals surface area contributed by atoms with Crippen molar-refractivity contribution in [1.82, 2.24) is 9.78 Å². The molecule has 0 saturated heterocycles. The van der Waals surface area contributed by atoms with Crippen molar-refractivity contribution in [3.63, 3.8) is 0 Å². The number of nitrogens with zero attached hydrogens (tertiary/aromatic N) is 2. The van der Waals surface area contributed by atoms with Crippen LogP contribution < -0.4 is 10.1 Å². The molecular weight excluding hydrogens is 387 g/mol. The zero-order chi connectivity index (χ0) is 20.9. The summed E-state index contributed by atoms with van der Waals surface area (Å²) in [5.41, 5.74) is 0.376. The molecule has 1 aromatic heterocycles. The van der Waals surface area contributed by atoms with Gasteiger partial charge >= 0.3 is 6.18 Å². The number of carbonyl (C=O) groups is 1. The minimum Gasteiger partial charge on any atom is -0.491 e. The molecule has 0 atom stereocenters. The van der Waals surface area contributed by atoms with E-state index in [-0.39, 0.29) is 5.91 Å². The molecule has 0 saturated carbocycles. The summed E-state index contributed by atoms with van der Waals surface area (Å²) in [7, 11) is 1.59. The van der Waals surface area contributed by atoms with Crippen LogP contribution in [-0.4, -0.2) is 36.0 Å². The van der Waals surface area contributed by atoms with Crippen molar-refractivity contribution >= 4 is 11.6 Å². The predicted molar refractivity (Wildman–Crippen MR) is 100 cm³/mol. The summed E-state index contributed by atoms with van der Waals surface area (Å²) < 4.78 is 49.4. The maximum atomic E-state index is 12.7. The highest BCUT2D eigenvalue weighted by Crippen LogP contribution is 2.28. The SMILES string of the molecule is COCCOc1ccc(NC(=O)c2ccc(-n3ccc(C(F)(F)F)n3)cc2)cc1. The van der Waals surface area contributed by atoms with Gasteiger partial charge in [-0.05, 0) is 54.6 Å². The van der Waals surface area contributed by atoms with Crippen molar-refractivity contribution in [3.8, 4) is 11.4 Å². The number of methoxy groups -OCH3 is 1. The van der Waals surface area contributed by atoms with Gasteiger partial charge in [-0.25, -0.2) is 4.68 Å². The summed E-state index contributed by atoms with van der Waals surface area (Å²) in [5, 5.41) is 6.25. The summed E-state index contributed by atoms with van der Waals surface area (Å²) in [6, 6.07) is 13.8. The van der Waals surface area contributed by atoms with Gasteiger partial charge in [0, 0.05) is 24.6 Å². The van der Waals surface area contributed by atoms with Crippen molar-refractivity contribution in [2.75, 3.05) is 25.6 Å². The first-order valence-electron chi connectivity index (χ1n) is 8.63. The molecule has 0 aliphatic carbocycles. The second-order valence-corrected chi connectivity index (χ2v) is 6.01. The number of aromatic nitrogens is 2. The number of hydrogen-bond donors (Lipinski definition) is 1. The Kier molecular flexibility index (Phi) is 6.18. The molecule has 0 bridgehead atoms. The summed E-state index contributed by atoms with van der Waals surface area (Å²) in [5.74, 6) is 0.308. The topological polar surface area (TPSA) is 65.4 Å². The second kappa shape index (κ2) is 8.78. The Morgan fingerprint density at radius 1 is 1.03 bits per heavy atom. The molecule has 0 aliphatic rings. The molecule has 0 aliphatic heterocycles. The monoisotopic (exact) mass is 405 g/mol. The molecule has 3 rings (SSSR count). The van der Waals surface area contributed by atoms with Crippen LogP contribution in [-0.2, 0) is 10.9 Å². The van der Waals surface area contributed by atoms with Gasteiger partial charge in [0.1, 0.15) is 12.4 Å². The number of carbonyl (C=O) groups excluding carboxylic acids is 1. The number of amides is 1. The lowest BCUT2D eigenvalue weighted by atomic mass is 10.2. The molecule has 1 amide bonds. The zero-order valence-corrected chi connectivity index (χ0v) is 15.4. The minimum atomic E-state index is -4.50. The quantitative estimate of drug-likeness (QED) is 0.600. The summed E-state index contributed by atoms with van der Waals surface area (Å²) in [6.07, 6.45) is -3.29. The molecule has 1 heterocycles. The lowest BCUT2D eigenvalue weighted by Gasteiger charge is -2.09. The molecule has 0 fully saturated rings. The first-order chi connectivity index (χ1) is 13.9. The first kappa shape index (κ1) is 20.4. The highest BCUT2D eigenvalue weighted by atomic mass is 19.4. The van der Waals surface area contributed by atoms with Crippen LogP contribution in [0.5, 0.6) is 5.75 Å². The molecule has 152 valence electrons. The molecule has 29 heavy (non-hydrogen) atoms. The third-order valence-corrected chi connectivity index (χ3v) is 3.94. The molecule has 1 N–H and O–H groups in total. The fourth-order valence-electron chi connectivity index (χ4n) is 2.47. The van der Waals surface area contributed by atoms with E-state index in [2.05, 4.69) is 10.4 Å². The van der Waals surface area contributed by atoms with Gasteiger partial charge in [0.15, 0.2) is 5.69 Å². The normalized spacial score (nSPS) is 11.3. The number of anilines is 1. The lowest BCUT2D eigenvalue weighted by molar-refractivity contribution is -0.141. The number of ether oxygens (including phenoxy) is 2. The van der Waals surface area contributed by atoms with E-state index >= 15 is 0 Å². The standard InChI is InChI=1S/C20H18F3N3O3/c1-28-12-13-29-17-8-4-15(5-9-17)24-19(27)14-2-6-16(7-3-14)26-11-10-18(25-26)20(21,22)23/h2-11H,12-13H2,1H3,(H,24,27). The number of rotatable bonds is 7. The van der Waals surface area contributed by atoms with Gasteiger partial charge in [0.05, 0.1) is 12.3 Å². The van der Waals surface area contributed by atoms with Gasteiger partial charge < -0.3 is 14.8 Å². The Morgan fingerprint density at radius 3 is 2.31 bits per heavy atom. The van der Waals surface area contributed by atoms with E-state index in [9.17, 15) is 18.0 Å². The van der Waals surface area contributed by atoms with E-state index in [1.807, 2.05) is 0 Å². The van der Waals surface area contributed by atoms with E-state index in [1.165, 1.54) is 30.5 Å². The molecule has 0 radical (unpaired) electrons. The van der Waals surface area contributed by atoms with Gasteiger partial charge in [0.2, 0.25) is 0 Å². The number of halogens is 3. The number of nitrogens with one attached hydrogen (secondary N) is 1. The maximum Gasteiger partial charge on any atom is 0.435 e. The molecule has 6 nitrogen and oxygen atoms in total. The molecule has 0 spiro atoms. The number of benzene rings is 2. The van der Waals surface area contributed by atoms with E-state index in [4.69, 9.17) is 9.47 Å². The van der Waals surface area contributed by atoms with Gasteiger partial charge in [-0.15, -0.1) is 0 Å². The minimum absolute atomic E-state index is 0.346. The Hall–Kier alpha value is -3.33. The fourth-order valence-corrected chi connectivity index (χ4v) is 2.47. The van der Waals surface area contributed by atoms with Crippen molar-refractivity contribution in [1.29, 1.82) is 0 Å².